The maximum atomic E-state index is 13.8. The molecule has 1 N–H and O–H groups in total. The average Bonchev–Trinajstić information content (AvgIpc) is 2.47. The Labute approximate surface area is 132 Å². The van der Waals surface area contributed by atoms with Crippen LogP contribution in [0.2, 0.25) is 0 Å². The SMILES string of the molecule is CC(O)CN(C1CCCCC1)S(=O)(=O)Cc1ccccc1F. The standard InChI is InChI=1S/C16H24FNO3S/c1-13(19)11-18(15-8-3-2-4-9-15)22(20,21)12-14-7-5-6-10-16(14)17/h5-7,10,13,15,19H,2-4,8-9,11-12H2,1H3. The zero-order valence-electron chi connectivity index (χ0n) is 12.9. The van der Waals surface area contributed by atoms with Gasteiger partial charge in [0, 0.05) is 18.2 Å². The molecule has 1 aromatic rings. The Hall–Kier alpha value is -0.980. The van der Waals surface area contributed by atoms with Gasteiger partial charge >= 0.3 is 0 Å². The van der Waals surface area contributed by atoms with E-state index in [0.29, 0.717) is 0 Å². The molecular formula is C16H24FNO3S. The Morgan fingerprint density at radius 1 is 1.27 bits per heavy atom. The van der Waals surface area contributed by atoms with Crippen molar-refractivity contribution in [1.82, 2.24) is 4.31 Å². The number of sulfonamides is 1. The van der Waals surface area contributed by atoms with Gasteiger partial charge in [-0.1, -0.05) is 37.5 Å². The van der Waals surface area contributed by atoms with Crippen molar-refractivity contribution in [3.8, 4) is 0 Å². The Morgan fingerprint density at radius 3 is 2.50 bits per heavy atom. The predicted octanol–water partition coefficient (Wildman–Crippen LogP) is 2.67. The highest BCUT2D eigenvalue weighted by Gasteiger charge is 2.32. The van der Waals surface area contributed by atoms with Crippen LogP contribution in [-0.2, 0) is 15.8 Å². The van der Waals surface area contributed by atoms with E-state index in [1.807, 2.05) is 0 Å². The molecule has 124 valence electrons. The summed E-state index contributed by atoms with van der Waals surface area (Å²) in [6.07, 6.45) is 3.99. The second-order valence-electron chi connectivity index (χ2n) is 6.06. The number of nitrogens with zero attached hydrogens (tertiary/aromatic N) is 1. The molecule has 1 atom stereocenters. The van der Waals surface area contributed by atoms with Crippen molar-refractivity contribution in [2.24, 2.45) is 0 Å². The molecule has 0 heterocycles. The van der Waals surface area contributed by atoms with Gasteiger partial charge in [-0.3, -0.25) is 0 Å². The summed E-state index contributed by atoms with van der Waals surface area (Å²) < 4.78 is 40.6. The van der Waals surface area contributed by atoms with E-state index in [9.17, 15) is 17.9 Å². The molecule has 0 bridgehead atoms. The van der Waals surface area contributed by atoms with E-state index in [2.05, 4.69) is 0 Å². The lowest BCUT2D eigenvalue weighted by atomic mass is 9.95. The molecular weight excluding hydrogens is 305 g/mol. The summed E-state index contributed by atoms with van der Waals surface area (Å²) in [4.78, 5) is 0. The predicted molar refractivity (Wildman–Crippen MR) is 84.3 cm³/mol. The highest BCUT2D eigenvalue weighted by molar-refractivity contribution is 7.88. The van der Waals surface area contributed by atoms with Gasteiger partial charge in [0.1, 0.15) is 5.82 Å². The minimum atomic E-state index is -3.66. The molecule has 0 radical (unpaired) electrons. The van der Waals surface area contributed by atoms with Gasteiger partial charge in [0.15, 0.2) is 0 Å². The van der Waals surface area contributed by atoms with Gasteiger partial charge in [-0.15, -0.1) is 0 Å². The Balaban J connectivity index is 2.22. The Kier molecular flexibility index (Phi) is 5.94. The van der Waals surface area contributed by atoms with Gasteiger partial charge < -0.3 is 5.11 Å². The van der Waals surface area contributed by atoms with Crippen LogP contribution < -0.4 is 0 Å². The van der Waals surface area contributed by atoms with Gasteiger partial charge in [-0.25, -0.2) is 12.8 Å². The van der Waals surface area contributed by atoms with Gasteiger partial charge in [-0.2, -0.15) is 4.31 Å². The molecule has 22 heavy (non-hydrogen) atoms. The number of rotatable bonds is 6. The maximum absolute atomic E-state index is 13.8. The lowest BCUT2D eigenvalue weighted by Gasteiger charge is -2.34. The number of aliphatic hydroxyl groups is 1. The molecule has 0 aliphatic heterocycles. The van der Waals surface area contributed by atoms with Crippen LogP contribution in [0.4, 0.5) is 4.39 Å². The minimum absolute atomic E-state index is 0.0709. The summed E-state index contributed by atoms with van der Waals surface area (Å²) in [5.41, 5.74) is 0.175. The fourth-order valence-corrected chi connectivity index (χ4v) is 4.91. The molecule has 0 saturated heterocycles. The van der Waals surface area contributed by atoms with Crippen LogP contribution in [0.25, 0.3) is 0 Å². The zero-order valence-corrected chi connectivity index (χ0v) is 13.7. The average molecular weight is 329 g/mol. The van der Waals surface area contributed by atoms with Crippen LogP contribution >= 0.6 is 0 Å². The third kappa shape index (κ3) is 4.51. The van der Waals surface area contributed by atoms with Crippen molar-refractivity contribution in [3.63, 3.8) is 0 Å². The number of aliphatic hydroxyl groups excluding tert-OH is 1. The van der Waals surface area contributed by atoms with Crippen LogP contribution in [-0.4, -0.2) is 36.5 Å². The molecule has 6 heteroatoms. The van der Waals surface area contributed by atoms with Crippen molar-refractivity contribution in [2.75, 3.05) is 6.54 Å². The highest BCUT2D eigenvalue weighted by atomic mass is 32.2. The van der Waals surface area contributed by atoms with E-state index in [4.69, 9.17) is 0 Å². The molecule has 0 amide bonds. The van der Waals surface area contributed by atoms with Crippen molar-refractivity contribution < 1.29 is 17.9 Å². The van der Waals surface area contributed by atoms with Crippen molar-refractivity contribution >= 4 is 10.0 Å². The van der Waals surface area contributed by atoms with E-state index in [0.717, 1.165) is 32.1 Å². The fraction of sp³-hybridized carbons (Fsp3) is 0.625. The second-order valence-corrected chi connectivity index (χ2v) is 7.98. The first-order valence-electron chi connectivity index (χ1n) is 7.81. The third-order valence-electron chi connectivity index (χ3n) is 4.08. The topological polar surface area (TPSA) is 57.6 Å². The Morgan fingerprint density at radius 2 is 1.91 bits per heavy atom. The number of benzene rings is 1. The molecule has 0 spiro atoms. The summed E-state index contributed by atoms with van der Waals surface area (Å²) in [5, 5.41) is 9.66. The fourth-order valence-electron chi connectivity index (χ4n) is 3.01. The lowest BCUT2D eigenvalue weighted by Crippen LogP contribution is -2.45. The summed E-state index contributed by atoms with van der Waals surface area (Å²) >= 11 is 0. The maximum Gasteiger partial charge on any atom is 0.218 e. The van der Waals surface area contributed by atoms with Crippen LogP contribution in [0.1, 0.15) is 44.6 Å². The van der Waals surface area contributed by atoms with Gasteiger partial charge in [0.05, 0.1) is 11.9 Å². The molecule has 0 aromatic heterocycles. The monoisotopic (exact) mass is 329 g/mol. The molecule has 1 aliphatic carbocycles. The molecule has 1 aromatic carbocycles. The third-order valence-corrected chi connectivity index (χ3v) is 5.92. The van der Waals surface area contributed by atoms with Crippen molar-refractivity contribution in [2.45, 2.75) is 56.9 Å². The Bertz CT molecular complexity index is 583. The van der Waals surface area contributed by atoms with E-state index in [1.165, 1.54) is 16.4 Å². The van der Waals surface area contributed by atoms with Gasteiger partial charge in [0.2, 0.25) is 10.0 Å². The molecule has 2 rings (SSSR count). The zero-order chi connectivity index (χ0) is 16.2. The highest BCUT2D eigenvalue weighted by Crippen LogP contribution is 2.26. The smallest absolute Gasteiger partial charge is 0.218 e. The van der Waals surface area contributed by atoms with Crippen LogP contribution in [0.3, 0.4) is 0 Å². The van der Waals surface area contributed by atoms with Crippen LogP contribution in [0, 0.1) is 5.82 Å². The van der Waals surface area contributed by atoms with Gasteiger partial charge in [0.25, 0.3) is 0 Å². The summed E-state index contributed by atoms with van der Waals surface area (Å²) in [7, 11) is -3.66. The van der Waals surface area contributed by atoms with E-state index < -0.39 is 21.9 Å². The molecule has 1 aliphatic rings. The summed E-state index contributed by atoms with van der Waals surface area (Å²) in [6.45, 7) is 1.65. The van der Waals surface area contributed by atoms with Crippen LogP contribution in [0.5, 0.6) is 0 Å². The van der Waals surface area contributed by atoms with Crippen molar-refractivity contribution in [3.05, 3.63) is 35.6 Å². The second kappa shape index (κ2) is 7.53. The summed E-state index contributed by atoms with van der Waals surface area (Å²) in [5.74, 6) is -0.866. The molecule has 1 unspecified atom stereocenters. The van der Waals surface area contributed by atoms with E-state index >= 15 is 0 Å². The normalized spacial score (nSPS) is 18.5. The summed E-state index contributed by atoms with van der Waals surface area (Å²) in [6, 6.07) is 5.85. The van der Waals surface area contributed by atoms with Gasteiger partial charge in [-0.05, 0) is 25.8 Å². The van der Waals surface area contributed by atoms with Crippen molar-refractivity contribution in [1.29, 1.82) is 0 Å². The first kappa shape index (κ1) is 17.4. The quantitative estimate of drug-likeness (QED) is 0.873. The molecule has 1 fully saturated rings. The first-order valence-corrected chi connectivity index (χ1v) is 9.42. The van der Waals surface area contributed by atoms with Crippen LogP contribution in [0.15, 0.2) is 24.3 Å². The first-order chi connectivity index (χ1) is 10.4. The number of hydrogen-bond donors (Lipinski definition) is 1. The van der Waals surface area contributed by atoms with E-state index in [-0.39, 0.29) is 23.9 Å². The largest absolute Gasteiger partial charge is 0.392 e. The molecule has 1 saturated carbocycles. The lowest BCUT2D eigenvalue weighted by molar-refractivity contribution is 0.136. The number of halogens is 1. The molecule has 4 nitrogen and oxygen atoms in total. The van der Waals surface area contributed by atoms with E-state index in [1.54, 1.807) is 19.1 Å². The number of hydrogen-bond acceptors (Lipinski definition) is 3. The minimum Gasteiger partial charge on any atom is -0.392 e.